The summed E-state index contributed by atoms with van der Waals surface area (Å²) in [5.41, 5.74) is 7.85. The second kappa shape index (κ2) is 9.21. The van der Waals surface area contributed by atoms with Crippen LogP contribution in [0.1, 0.15) is 32.3 Å². The summed E-state index contributed by atoms with van der Waals surface area (Å²) in [5, 5.41) is 3.97. The molecular formula is C21H27N5O2. The van der Waals surface area contributed by atoms with E-state index < -0.39 is 0 Å². The molecule has 1 aromatic carbocycles. The molecule has 7 nitrogen and oxygen atoms in total. The lowest BCUT2D eigenvalue weighted by Gasteiger charge is -2.15. The van der Waals surface area contributed by atoms with Crippen LogP contribution in [-0.2, 0) is 13.0 Å². The van der Waals surface area contributed by atoms with Crippen molar-refractivity contribution in [3.8, 4) is 5.75 Å². The fraction of sp³-hybridized carbons (Fsp3) is 0.381. The van der Waals surface area contributed by atoms with Crippen LogP contribution in [0.2, 0.25) is 0 Å². The van der Waals surface area contributed by atoms with E-state index in [1.807, 2.05) is 22.9 Å². The van der Waals surface area contributed by atoms with Crippen LogP contribution in [0, 0.1) is 0 Å². The van der Waals surface area contributed by atoms with Gasteiger partial charge in [0, 0.05) is 24.2 Å². The lowest BCUT2D eigenvalue weighted by molar-refractivity contribution is 0.299. The number of aromatic nitrogens is 3. The molecule has 0 saturated heterocycles. The first-order valence-electron chi connectivity index (χ1n) is 9.73. The molecule has 0 spiro atoms. The lowest BCUT2D eigenvalue weighted by Crippen LogP contribution is -2.14. The predicted molar refractivity (Wildman–Crippen MR) is 113 cm³/mol. The van der Waals surface area contributed by atoms with Crippen molar-refractivity contribution in [1.29, 1.82) is 0 Å². The first-order chi connectivity index (χ1) is 13.6. The van der Waals surface area contributed by atoms with Gasteiger partial charge < -0.3 is 20.4 Å². The number of nitrogens with zero attached hydrogens (tertiary/aromatic N) is 3. The summed E-state index contributed by atoms with van der Waals surface area (Å²) in [6.45, 7) is 6.05. The van der Waals surface area contributed by atoms with Gasteiger partial charge >= 0.3 is 0 Å². The van der Waals surface area contributed by atoms with Crippen LogP contribution in [0.15, 0.2) is 41.5 Å². The highest BCUT2D eigenvalue weighted by Crippen LogP contribution is 2.22. The summed E-state index contributed by atoms with van der Waals surface area (Å²) in [5.74, 6) is 1.40. The number of ether oxygens (including phenoxy) is 1. The van der Waals surface area contributed by atoms with Crippen LogP contribution in [0.3, 0.4) is 0 Å². The fourth-order valence-electron chi connectivity index (χ4n) is 3.02. The van der Waals surface area contributed by atoms with Gasteiger partial charge in [0.25, 0.3) is 0 Å². The minimum atomic E-state index is 0.0316. The van der Waals surface area contributed by atoms with Crippen LogP contribution in [0.4, 0.5) is 11.8 Å². The predicted octanol–water partition coefficient (Wildman–Crippen LogP) is 3.23. The third-order valence-electron chi connectivity index (χ3n) is 4.64. The number of fused-ring (bicyclic) bond motifs is 1. The van der Waals surface area contributed by atoms with Gasteiger partial charge in [-0.2, -0.15) is 4.98 Å². The van der Waals surface area contributed by atoms with Crippen molar-refractivity contribution < 1.29 is 4.74 Å². The average molecular weight is 381 g/mol. The molecule has 2 aromatic heterocycles. The number of hydrogen-bond acceptors (Lipinski definition) is 6. The molecule has 3 aromatic rings. The molecule has 7 heteroatoms. The number of aryl methyl sites for hydroxylation is 1. The van der Waals surface area contributed by atoms with Gasteiger partial charge in [0.1, 0.15) is 6.61 Å². The van der Waals surface area contributed by atoms with Gasteiger partial charge in [0.05, 0.1) is 18.3 Å². The number of hydrogen-bond donors (Lipinski definition) is 2. The van der Waals surface area contributed by atoms with Crippen molar-refractivity contribution in [2.45, 2.75) is 39.7 Å². The molecule has 0 amide bonds. The largest absolute Gasteiger partial charge is 0.486 e. The zero-order valence-corrected chi connectivity index (χ0v) is 16.4. The molecule has 0 saturated carbocycles. The molecule has 0 unspecified atom stereocenters. The Morgan fingerprint density at radius 1 is 1.25 bits per heavy atom. The smallest absolute Gasteiger partial charge is 0.222 e. The molecule has 3 rings (SSSR count). The maximum atomic E-state index is 12.1. The third-order valence-corrected chi connectivity index (χ3v) is 4.64. The number of nitrogen functional groups attached to an aromatic ring is 1. The molecule has 148 valence electrons. The Hall–Kier alpha value is -3.09. The topological polar surface area (TPSA) is 95.1 Å². The Balaban J connectivity index is 1.75. The van der Waals surface area contributed by atoms with E-state index in [2.05, 4.69) is 35.2 Å². The van der Waals surface area contributed by atoms with Gasteiger partial charge in [0.15, 0.2) is 17.0 Å². The van der Waals surface area contributed by atoms with E-state index >= 15 is 0 Å². The monoisotopic (exact) mass is 381 g/mol. The summed E-state index contributed by atoms with van der Waals surface area (Å²) in [6.07, 6.45) is 6.45. The normalized spacial score (nSPS) is 10.9. The maximum absolute atomic E-state index is 12.1. The highest BCUT2D eigenvalue weighted by atomic mass is 16.5. The Morgan fingerprint density at radius 3 is 2.89 bits per heavy atom. The van der Waals surface area contributed by atoms with E-state index in [0.29, 0.717) is 24.7 Å². The van der Waals surface area contributed by atoms with Gasteiger partial charge in [0.2, 0.25) is 5.95 Å². The molecule has 2 heterocycles. The number of rotatable bonds is 9. The van der Waals surface area contributed by atoms with Crippen molar-refractivity contribution in [3.63, 3.8) is 0 Å². The van der Waals surface area contributed by atoms with Crippen LogP contribution in [0.5, 0.6) is 5.75 Å². The second-order valence-corrected chi connectivity index (χ2v) is 6.65. The zero-order valence-electron chi connectivity index (χ0n) is 16.4. The summed E-state index contributed by atoms with van der Waals surface area (Å²) in [7, 11) is 0. The number of nitrogens with two attached hydrogens (primary N) is 1. The summed E-state index contributed by atoms with van der Waals surface area (Å²) < 4.78 is 7.96. The van der Waals surface area contributed by atoms with Crippen LogP contribution >= 0.6 is 0 Å². The van der Waals surface area contributed by atoms with Crippen molar-refractivity contribution >= 4 is 22.7 Å². The zero-order chi connectivity index (χ0) is 19.9. The Morgan fingerprint density at radius 2 is 2.11 bits per heavy atom. The van der Waals surface area contributed by atoms with E-state index in [9.17, 15) is 4.79 Å². The van der Waals surface area contributed by atoms with E-state index in [1.54, 1.807) is 12.3 Å². The molecule has 0 fully saturated rings. The van der Waals surface area contributed by atoms with Crippen molar-refractivity contribution in [3.05, 3.63) is 52.4 Å². The highest BCUT2D eigenvalue weighted by Gasteiger charge is 2.08. The van der Waals surface area contributed by atoms with Crippen molar-refractivity contribution in [1.82, 2.24) is 14.5 Å². The number of anilines is 2. The number of benzene rings is 1. The van der Waals surface area contributed by atoms with Crippen LogP contribution in [-0.4, -0.2) is 27.7 Å². The standard InChI is InChI=1S/C21H27N5O2/c1-3-5-9-23-20-19(14-24-21(22)25-20)28-12-11-26-10-8-18(27)16-7-6-15(4-2)13-17(16)26/h6-8,10,13-14H,3-5,9,11-12H2,1-2H3,(H3,22,23,24,25). The first-order valence-corrected chi connectivity index (χ1v) is 9.73. The van der Waals surface area contributed by atoms with Gasteiger partial charge in [-0.25, -0.2) is 4.98 Å². The first kappa shape index (κ1) is 19.7. The van der Waals surface area contributed by atoms with Crippen molar-refractivity contribution in [2.75, 3.05) is 24.2 Å². The van der Waals surface area contributed by atoms with Crippen molar-refractivity contribution in [2.24, 2.45) is 0 Å². The average Bonchev–Trinajstić information content (AvgIpc) is 2.71. The Bertz CT molecular complexity index is 1000. The second-order valence-electron chi connectivity index (χ2n) is 6.65. The van der Waals surface area contributed by atoms with Crippen LogP contribution in [0.25, 0.3) is 10.9 Å². The van der Waals surface area contributed by atoms with Gasteiger partial charge in [-0.3, -0.25) is 4.79 Å². The van der Waals surface area contributed by atoms with E-state index in [-0.39, 0.29) is 11.4 Å². The summed E-state index contributed by atoms with van der Waals surface area (Å²) in [6, 6.07) is 7.57. The Labute approximate surface area is 164 Å². The van der Waals surface area contributed by atoms with E-state index in [0.717, 1.165) is 36.7 Å². The fourth-order valence-corrected chi connectivity index (χ4v) is 3.02. The SMILES string of the molecule is CCCCNc1nc(N)ncc1OCCn1ccc(=O)c2ccc(CC)cc21. The number of nitrogens with one attached hydrogen (secondary N) is 1. The molecule has 0 radical (unpaired) electrons. The molecular weight excluding hydrogens is 354 g/mol. The lowest BCUT2D eigenvalue weighted by atomic mass is 10.1. The molecule has 0 bridgehead atoms. The number of unbranched alkanes of at least 4 members (excludes halogenated alkanes) is 1. The Kier molecular flexibility index (Phi) is 6.47. The molecule has 0 aliphatic heterocycles. The molecule has 0 aliphatic rings. The molecule has 3 N–H and O–H groups in total. The minimum absolute atomic E-state index is 0.0316. The number of pyridine rings is 1. The van der Waals surface area contributed by atoms with Gasteiger partial charge in [-0.15, -0.1) is 0 Å². The van der Waals surface area contributed by atoms with E-state index in [4.69, 9.17) is 10.5 Å². The molecule has 0 atom stereocenters. The summed E-state index contributed by atoms with van der Waals surface area (Å²) in [4.78, 5) is 20.4. The highest BCUT2D eigenvalue weighted by molar-refractivity contribution is 5.79. The minimum Gasteiger partial charge on any atom is -0.486 e. The quantitative estimate of drug-likeness (QED) is 0.553. The van der Waals surface area contributed by atoms with E-state index in [1.165, 1.54) is 5.56 Å². The van der Waals surface area contributed by atoms with Gasteiger partial charge in [-0.1, -0.05) is 26.3 Å². The van der Waals surface area contributed by atoms with Crippen LogP contribution < -0.4 is 21.2 Å². The molecule has 28 heavy (non-hydrogen) atoms. The summed E-state index contributed by atoms with van der Waals surface area (Å²) >= 11 is 0. The van der Waals surface area contributed by atoms with Gasteiger partial charge in [-0.05, 0) is 30.5 Å². The third kappa shape index (κ3) is 4.60. The maximum Gasteiger partial charge on any atom is 0.222 e. The molecule has 0 aliphatic carbocycles.